The van der Waals surface area contributed by atoms with Gasteiger partial charge in [-0.1, -0.05) is 41.4 Å². The molecule has 140 valence electrons. The molecule has 0 saturated carbocycles. The molecule has 0 aliphatic heterocycles. The predicted octanol–water partition coefficient (Wildman–Crippen LogP) is 2.83. The van der Waals surface area contributed by atoms with Gasteiger partial charge in [0.1, 0.15) is 6.54 Å². The van der Waals surface area contributed by atoms with Gasteiger partial charge >= 0.3 is 6.03 Å². The first-order valence-electron chi connectivity index (χ1n) is 7.72. The molecule has 2 rings (SSSR count). The van der Waals surface area contributed by atoms with Crippen molar-refractivity contribution in [1.82, 2.24) is 10.7 Å². The van der Waals surface area contributed by atoms with Crippen molar-refractivity contribution in [2.24, 2.45) is 5.10 Å². The van der Waals surface area contributed by atoms with E-state index in [9.17, 15) is 19.7 Å². The molecule has 10 heteroatoms. The van der Waals surface area contributed by atoms with Gasteiger partial charge in [-0.15, -0.1) is 0 Å². The van der Waals surface area contributed by atoms with Crippen LogP contribution >= 0.6 is 11.6 Å². The van der Waals surface area contributed by atoms with Gasteiger partial charge in [-0.2, -0.15) is 5.10 Å². The van der Waals surface area contributed by atoms with Crippen LogP contribution < -0.4 is 16.1 Å². The molecule has 3 N–H and O–H groups in total. The average molecular weight is 390 g/mol. The van der Waals surface area contributed by atoms with E-state index in [1.165, 1.54) is 18.3 Å². The molecule has 9 nitrogen and oxygen atoms in total. The standard InChI is InChI=1S/C17H16ClN5O4/c1-11-2-4-12(5-3-11)9-20-22-16(24)10-19-17(25)21-15-7-6-13(23(26)27)8-14(15)18/h2-9H,10H2,1H3,(H,22,24)(H2,19,21,25). The number of carbonyl (C=O) groups excluding carboxylic acids is 2. The summed E-state index contributed by atoms with van der Waals surface area (Å²) in [5.41, 5.74) is 4.19. The summed E-state index contributed by atoms with van der Waals surface area (Å²) in [6, 6.07) is 10.5. The summed E-state index contributed by atoms with van der Waals surface area (Å²) in [4.78, 5) is 33.5. The number of anilines is 1. The van der Waals surface area contributed by atoms with E-state index in [4.69, 9.17) is 11.6 Å². The summed E-state index contributed by atoms with van der Waals surface area (Å²) in [6.07, 6.45) is 1.48. The number of hydrazone groups is 1. The van der Waals surface area contributed by atoms with Crippen molar-refractivity contribution in [3.05, 3.63) is 68.7 Å². The fourth-order valence-electron chi connectivity index (χ4n) is 1.92. The number of hydrogen-bond acceptors (Lipinski definition) is 5. The van der Waals surface area contributed by atoms with E-state index in [1.807, 2.05) is 31.2 Å². The molecule has 0 saturated heterocycles. The molecular formula is C17H16ClN5O4. The lowest BCUT2D eigenvalue weighted by Crippen LogP contribution is -2.37. The van der Waals surface area contributed by atoms with Gasteiger partial charge in [-0.25, -0.2) is 10.2 Å². The summed E-state index contributed by atoms with van der Waals surface area (Å²) >= 11 is 5.87. The number of amides is 3. The second-order valence-corrected chi connectivity index (χ2v) is 5.84. The van der Waals surface area contributed by atoms with Gasteiger partial charge in [0.2, 0.25) is 0 Å². The number of aryl methyl sites for hydroxylation is 1. The van der Waals surface area contributed by atoms with Crippen LogP contribution in [0.5, 0.6) is 0 Å². The summed E-state index contributed by atoms with van der Waals surface area (Å²) < 4.78 is 0. The van der Waals surface area contributed by atoms with E-state index in [1.54, 1.807) is 0 Å². The number of hydrogen-bond donors (Lipinski definition) is 3. The third-order valence-electron chi connectivity index (χ3n) is 3.30. The summed E-state index contributed by atoms with van der Waals surface area (Å²) in [7, 11) is 0. The fraction of sp³-hybridized carbons (Fsp3) is 0.118. The largest absolute Gasteiger partial charge is 0.329 e. The molecular weight excluding hydrogens is 374 g/mol. The van der Waals surface area contributed by atoms with E-state index in [0.29, 0.717) is 0 Å². The highest BCUT2D eigenvalue weighted by atomic mass is 35.5. The maximum atomic E-state index is 11.8. The maximum absolute atomic E-state index is 11.8. The highest BCUT2D eigenvalue weighted by molar-refractivity contribution is 6.33. The third kappa shape index (κ3) is 6.40. The van der Waals surface area contributed by atoms with E-state index in [-0.39, 0.29) is 22.9 Å². The Morgan fingerprint density at radius 3 is 2.56 bits per heavy atom. The first kappa shape index (κ1) is 19.9. The van der Waals surface area contributed by atoms with Gasteiger partial charge in [0.15, 0.2) is 0 Å². The van der Waals surface area contributed by atoms with Crippen LogP contribution in [-0.4, -0.2) is 29.6 Å². The molecule has 3 amide bonds. The molecule has 0 aliphatic rings. The zero-order chi connectivity index (χ0) is 19.8. The number of nitrogens with one attached hydrogen (secondary N) is 3. The fourth-order valence-corrected chi connectivity index (χ4v) is 2.14. The summed E-state index contributed by atoms with van der Waals surface area (Å²) in [5.74, 6) is -0.525. The third-order valence-corrected chi connectivity index (χ3v) is 3.61. The van der Waals surface area contributed by atoms with E-state index in [0.717, 1.165) is 17.2 Å². The Bertz CT molecular complexity index is 883. The number of benzene rings is 2. The number of halogens is 1. The van der Waals surface area contributed by atoms with Crippen molar-refractivity contribution >= 4 is 41.1 Å². The van der Waals surface area contributed by atoms with Crippen LogP contribution in [0.2, 0.25) is 5.02 Å². The molecule has 0 aromatic heterocycles. The van der Waals surface area contributed by atoms with Gasteiger partial charge in [0, 0.05) is 12.1 Å². The van der Waals surface area contributed by atoms with Crippen molar-refractivity contribution in [1.29, 1.82) is 0 Å². The second-order valence-electron chi connectivity index (χ2n) is 5.43. The Balaban J connectivity index is 1.78. The number of non-ortho nitro benzene ring substituents is 1. The van der Waals surface area contributed by atoms with Crippen LogP contribution in [-0.2, 0) is 4.79 Å². The Morgan fingerprint density at radius 2 is 1.93 bits per heavy atom. The Kier molecular flexibility index (Phi) is 6.84. The molecule has 2 aromatic rings. The number of nitrogens with zero attached hydrogens (tertiary/aromatic N) is 2. The normalized spacial score (nSPS) is 10.4. The summed E-state index contributed by atoms with van der Waals surface area (Å²) in [6.45, 7) is 1.64. The molecule has 0 atom stereocenters. The van der Waals surface area contributed by atoms with Gasteiger partial charge in [0.25, 0.3) is 11.6 Å². The minimum absolute atomic E-state index is 0.00602. The first-order chi connectivity index (χ1) is 12.8. The molecule has 2 aromatic carbocycles. The highest BCUT2D eigenvalue weighted by Crippen LogP contribution is 2.26. The number of carbonyl (C=O) groups is 2. The van der Waals surface area contributed by atoms with Crippen molar-refractivity contribution in [3.63, 3.8) is 0 Å². The molecule has 0 heterocycles. The van der Waals surface area contributed by atoms with E-state index in [2.05, 4.69) is 21.2 Å². The lowest BCUT2D eigenvalue weighted by Gasteiger charge is -2.08. The summed E-state index contributed by atoms with van der Waals surface area (Å²) in [5, 5.41) is 19.2. The van der Waals surface area contributed by atoms with Gasteiger partial charge in [-0.3, -0.25) is 14.9 Å². The van der Waals surface area contributed by atoms with E-state index < -0.39 is 16.9 Å². The highest BCUT2D eigenvalue weighted by Gasteiger charge is 2.12. The second kappa shape index (κ2) is 9.30. The molecule has 0 fully saturated rings. The molecule has 0 radical (unpaired) electrons. The first-order valence-corrected chi connectivity index (χ1v) is 8.10. The molecule has 0 unspecified atom stereocenters. The number of rotatable bonds is 6. The molecule has 0 bridgehead atoms. The average Bonchev–Trinajstić information content (AvgIpc) is 2.63. The smallest absolute Gasteiger partial charge is 0.319 e. The predicted molar refractivity (Wildman–Crippen MR) is 102 cm³/mol. The molecule has 0 spiro atoms. The lowest BCUT2D eigenvalue weighted by atomic mass is 10.2. The van der Waals surface area contributed by atoms with Crippen LogP contribution in [0.1, 0.15) is 11.1 Å². The van der Waals surface area contributed by atoms with Crippen molar-refractivity contribution in [3.8, 4) is 0 Å². The van der Waals surface area contributed by atoms with Crippen LogP contribution in [0.3, 0.4) is 0 Å². The number of nitro benzene ring substituents is 1. The zero-order valence-electron chi connectivity index (χ0n) is 14.2. The van der Waals surface area contributed by atoms with Crippen LogP contribution in [0, 0.1) is 17.0 Å². The Morgan fingerprint density at radius 1 is 1.22 bits per heavy atom. The minimum atomic E-state index is -0.691. The van der Waals surface area contributed by atoms with Gasteiger partial charge < -0.3 is 10.6 Å². The van der Waals surface area contributed by atoms with Crippen molar-refractivity contribution < 1.29 is 14.5 Å². The quantitative estimate of drug-likeness (QED) is 0.399. The number of urea groups is 1. The topological polar surface area (TPSA) is 126 Å². The molecule has 27 heavy (non-hydrogen) atoms. The maximum Gasteiger partial charge on any atom is 0.319 e. The SMILES string of the molecule is Cc1ccc(C=NNC(=O)CNC(=O)Nc2ccc([N+](=O)[O-])cc2Cl)cc1. The Labute approximate surface area is 159 Å². The van der Waals surface area contributed by atoms with Gasteiger partial charge in [-0.05, 0) is 18.6 Å². The zero-order valence-corrected chi connectivity index (χ0v) is 15.0. The minimum Gasteiger partial charge on any atom is -0.329 e. The monoisotopic (exact) mass is 389 g/mol. The van der Waals surface area contributed by atoms with Crippen LogP contribution in [0.15, 0.2) is 47.6 Å². The van der Waals surface area contributed by atoms with Crippen LogP contribution in [0.4, 0.5) is 16.2 Å². The van der Waals surface area contributed by atoms with Gasteiger partial charge in [0.05, 0.1) is 21.8 Å². The van der Waals surface area contributed by atoms with Crippen LogP contribution in [0.25, 0.3) is 0 Å². The van der Waals surface area contributed by atoms with Crippen molar-refractivity contribution in [2.75, 3.05) is 11.9 Å². The van der Waals surface area contributed by atoms with Crippen molar-refractivity contribution in [2.45, 2.75) is 6.92 Å². The number of nitro groups is 1. The van der Waals surface area contributed by atoms with E-state index >= 15 is 0 Å². The lowest BCUT2D eigenvalue weighted by molar-refractivity contribution is -0.384. The molecule has 0 aliphatic carbocycles. The Hall–Kier alpha value is -3.46.